The fraction of sp³-hybridized carbons (Fsp3) is 0.471. The second-order valence-corrected chi connectivity index (χ2v) is 8.98. The average Bonchev–Trinajstić information content (AvgIpc) is 3.01. The molecule has 134 valence electrons. The molecule has 0 unspecified atom stereocenters. The van der Waals surface area contributed by atoms with E-state index in [4.69, 9.17) is 11.6 Å². The molecule has 1 saturated heterocycles. The van der Waals surface area contributed by atoms with Crippen molar-refractivity contribution in [1.29, 1.82) is 0 Å². The van der Waals surface area contributed by atoms with Gasteiger partial charge in [-0.25, -0.2) is 0 Å². The van der Waals surface area contributed by atoms with Crippen LogP contribution in [0.15, 0.2) is 28.6 Å². The van der Waals surface area contributed by atoms with Gasteiger partial charge in [0.1, 0.15) is 5.01 Å². The van der Waals surface area contributed by atoms with E-state index in [0.29, 0.717) is 5.75 Å². The summed E-state index contributed by atoms with van der Waals surface area (Å²) >= 11 is 8.91. The molecule has 1 fully saturated rings. The van der Waals surface area contributed by atoms with Crippen LogP contribution in [-0.2, 0) is 11.3 Å². The number of piperidine rings is 1. The highest BCUT2D eigenvalue weighted by Crippen LogP contribution is 2.21. The molecule has 1 atom stereocenters. The maximum Gasteiger partial charge on any atom is 0.230 e. The Morgan fingerprint density at radius 2 is 2.20 bits per heavy atom. The Morgan fingerprint density at radius 3 is 2.92 bits per heavy atom. The van der Waals surface area contributed by atoms with Crippen LogP contribution >= 0.6 is 34.7 Å². The molecule has 2 aromatic rings. The van der Waals surface area contributed by atoms with Crippen LogP contribution in [0, 0.1) is 6.92 Å². The normalized spacial score (nSPS) is 18.2. The van der Waals surface area contributed by atoms with E-state index in [1.54, 1.807) is 0 Å². The number of hydrogen-bond acceptors (Lipinski definition) is 6. The quantitative estimate of drug-likeness (QED) is 0.758. The average molecular weight is 397 g/mol. The second-order valence-electron chi connectivity index (χ2n) is 6.14. The molecule has 25 heavy (non-hydrogen) atoms. The van der Waals surface area contributed by atoms with E-state index in [9.17, 15) is 4.79 Å². The molecule has 1 aliphatic heterocycles. The number of aromatic nitrogens is 2. The first-order chi connectivity index (χ1) is 12.1. The first-order valence-corrected chi connectivity index (χ1v) is 10.5. The summed E-state index contributed by atoms with van der Waals surface area (Å²) in [7, 11) is 0. The van der Waals surface area contributed by atoms with Gasteiger partial charge in [-0.1, -0.05) is 46.8 Å². The standard InChI is InChI=1S/C17H21ClN4OS2/c1-12-20-21-17(25-12)24-11-16(23)19-15-3-2-8-22(10-15)9-13-4-6-14(18)7-5-13/h4-7,15H,2-3,8-11H2,1H3,(H,19,23)/t15-/m1/s1. The van der Waals surface area contributed by atoms with Crippen LogP contribution in [0.5, 0.6) is 0 Å². The van der Waals surface area contributed by atoms with Crippen molar-refractivity contribution in [3.05, 3.63) is 39.9 Å². The van der Waals surface area contributed by atoms with Crippen molar-refractivity contribution in [1.82, 2.24) is 20.4 Å². The molecule has 2 heterocycles. The smallest absolute Gasteiger partial charge is 0.230 e. The van der Waals surface area contributed by atoms with Crippen LogP contribution in [0.4, 0.5) is 0 Å². The van der Waals surface area contributed by atoms with Crippen molar-refractivity contribution in [3.63, 3.8) is 0 Å². The highest BCUT2D eigenvalue weighted by molar-refractivity contribution is 8.01. The lowest BCUT2D eigenvalue weighted by Gasteiger charge is -2.33. The summed E-state index contributed by atoms with van der Waals surface area (Å²) in [5, 5.41) is 12.8. The fourth-order valence-electron chi connectivity index (χ4n) is 2.90. The Kier molecular flexibility index (Phi) is 6.70. The third-order valence-electron chi connectivity index (χ3n) is 4.02. The number of nitrogens with zero attached hydrogens (tertiary/aromatic N) is 3. The zero-order chi connectivity index (χ0) is 17.6. The Bertz CT molecular complexity index is 707. The maximum atomic E-state index is 12.2. The SMILES string of the molecule is Cc1nnc(SCC(=O)N[C@@H]2CCCN(Cc3ccc(Cl)cc3)C2)s1. The zero-order valence-electron chi connectivity index (χ0n) is 14.1. The van der Waals surface area contributed by atoms with Gasteiger partial charge in [-0.2, -0.15) is 0 Å². The van der Waals surface area contributed by atoms with E-state index in [2.05, 4.69) is 32.5 Å². The zero-order valence-corrected chi connectivity index (χ0v) is 16.5. The molecule has 8 heteroatoms. The maximum absolute atomic E-state index is 12.2. The summed E-state index contributed by atoms with van der Waals surface area (Å²) < 4.78 is 0.848. The molecular formula is C17H21ClN4OS2. The van der Waals surface area contributed by atoms with Crippen LogP contribution in [0.1, 0.15) is 23.4 Å². The van der Waals surface area contributed by atoms with Gasteiger partial charge in [0, 0.05) is 24.2 Å². The molecule has 0 spiro atoms. The summed E-state index contributed by atoms with van der Waals surface area (Å²) in [6.07, 6.45) is 2.13. The van der Waals surface area contributed by atoms with E-state index >= 15 is 0 Å². The molecule has 0 saturated carbocycles. The van der Waals surface area contributed by atoms with Crippen molar-refractivity contribution in [2.24, 2.45) is 0 Å². The largest absolute Gasteiger partial charge is 0.351 e. The lowest BCUT2D eigenvalue weighted by Crippen LogP contribution is -2.47. The van der Waals surface area contributed by atoms with Crippen LogP contribution in [0.3, 0.4) is 0 Å². The van der Waals surface area contributed by atoms with E-state index in [0.717, 1.165) is 46.8 Å². The van der Waals surface area contributed by atoms with Crippen LogP contribution in [0.25, 0.3) is 0 Å². The first kappa shape index (κ1) is 18.6. The van der Waals surface area contributed by atoms with E-state index < -0.39 is 0 Å². The minimum absolute atomic E-state index is 0.0659. The van der Waals surface area contributed by atoms with Gasteiger partial charge in [-0.15, -0.1) is 10.2 Å². The van der Waals surface area contributed by atoms with Crippen LogP contribution in [0.2, 0.25) is 5.02 Å². The molecule has 5 nitrogen and oxygen atoms in total. The van der Waals surface area contributed by atoms with Gasteiger partial charge in [-0.05, 0) is 44.0 Å². The van der Waals surface area contributed by atoms with Gasteiger partial charge < -0.3 is 5.32 Å². The van der Waals surface area contributed by atoms with Gasteiger partial charge in [0.25, 0.3) is 0 Å². The number of thioether (sulfide) groups is 1. The van der Waals surface area contributed by atoms with Crippen molar-refractivity contribution >= 4 is 40.6 Å². The van der Waals surface area contributed by atoms with Crippen molar-refractivity contribution in [2.75, 3.05) is 18.8 Å². The summed E-state index contributed by atoms with van der Waals surface area (Å²) in [6.45, 7) is 4.76. The molecule has 1 aromatic carbocycles. The molecule has 0 aliphatic carbocycles. The number of halogens is 1. The topological polar surface area (TPSA) is 58.1 Å². The summed E-state index contributed by atoms with van der Waals surface area (Å²) in [5.74, 6) is 0.457. The summed E-state index contributed by atoms with van der Waals surface area (Å²) in [6, 6.07) is 8.18. The minimum atomic E-state index is 0.0659. The Hall–Kier alpha value is -1.15. The Labute approximate surface area is 161 Å². The highest BCUT2D eigenvalue weighted by atomic mass is 35.5. The number of amides is 1. The lowest BCUT2D eigenvalue weighted by molar-refractivity contribution is -0.119. The fourth-order valence-corrected chi connectivity index (χ4v) is 4.65. The van der Waals surface area contributed by atoms with Gasteiger partial charge in [-0.3, -0.25) is 9.69 Å². The predicted molar refractivity (Wildman–Crippen MR) is 103 cm³/mol. The summed E-state index contributed by atoms with van der Waals surface area (Å²) in [4.78, 5) is 14.6. The van der Waals surface area contributed by atoms with Crippen molar-refractivity contribution in [3.8, 4) is 0 Å². The first-order valence-electron chi connectivity index (χ1n) is 8.27. The molecule has 1 aliphatic rings. The number of hydrogen-bond donors (Lipinski definition) is 1. The van der Waals surface area contributed by atoms with E-state index in [1.807, 2.05) is 19.1 Å². The number of aryl methyl sites for hydroxylation is 1. The Balaban J connectivity index is 1.44. The third kappa shape index (κ3) is 5.95. The number of likely N-dealkylation sites (tertiary alicyclic amines) is 1. The Morgan fingerprint density at radius 1 is 1.40 bits per heavy atom. The molecule has 1 aromatic heterocycles. The van der Waals surface area contributed by atoms with Crippen molar-refractivity contribution < 1.29 is 4.79 Å². The molecule has 3 rings (SSSR count). The van der Waals surface area contributed by atoms with Gasteiger partial charge >= 0.3 is 0 Å². The van der Waals surface area contributed by atoms with Crippen LogP contribution in [-0.4, -0.2) is 45.9 Å². The molecule has 1 amide bonds. The van der Waals surface area contributed by atoms with Gasteiger partial charge in [0.2, 0.25) is 5.91 Å². The van der Waals surface area contributed by atoms with Crippen LogP contribution < -0.4 is 5.32 Å². The highest BCUT2D eigenvalue weighted by Gasteiger charge is 2.21. The monoisotopic (exact) mass is 396 g/mol. The minimum Gasteiger partial charge on any atom is -0.351 e. The van der Waals surface area contributed by atoms with E-state index in [1.165, 1.54) is 28.7 Å². The molecule has 1 N–H and O–H groups in total. The number of carbonyl (C=O) groups is 1. The third-order valence-corrected chi connectivity index (χ3v) is 6.25. The molecule has 0 radical (unpaired) electrons. The lowest BCUT2D eigenvalue weighted by atomic mass is 10.0. The molecule has 0 bridgehead atoms. The number of carbonyl (C=O) groups excluding carboxylic acids is 1. The summed E-state index contributed by atoms with van der Waals surface area (Å²) in [5.41, 5.74) is 1.25. The second kappa shape index (κ2) is 8.98. The number of nitrogens with one attached hydrogen (secondary N) is 1. The number of rotatable bonds is 6. The van der Waals surface area contributed by atoms with Gasteiger partial charge in [0.05, 0.1) is 5.75 Å². The number of benzene rings is 1. The van der Waals surface area contributed by atoms with E-state index in [-0.39, 0.29) is 11.9 Å². The van der Waals surface area contributed by atoms with Gasteiger partial charge in [0.15, 0.2) is 4.34 Å². The molecular weight excluding hydrogens is 376 g/mol. The van der Waals surface area contributed by atoms with Crippen molar-refractivity contribution in [2.45, 2.75) is 36.7 Å². The predicted octanol–water partition coefficient (Wildman–Crippen LogP) is 3.37.